The number of carbonyl (C=O) groups is 3. The summed E-state index contributed by atoms with van der Waals surface area (Å²) in [7, 11) is 2.87. The fourth-order valence-electron chi connectivity index (χ4n) is 3.55. The van der Waals surface area contributed by atoms with Crippen LogP contribution >= 0.6 is 0 Å². The molecular formula is C23H18N2O5. The highest BCUT2D eigenvalue weighted by molar-refractivity contribution is 6.22. The molecule has 7 heteroatoms. The van der Waals surface area contributed by atoms with Gasteiger partial charge in [-0.2, -0.15) is 0 Å². The van der Waals surface area contributed by atoms with Crippen LogP contribution in [0.4, 0.5) is 5.69 Å². The molecule has 150 valence electrons. The van der Waals surface area contributed by atoms with Crippen LogP contribution in [0.15, 0.2) is 54.6 Å². The molecule has 1 aliphatic rings. The van der Waals surface area contributed by atoms with E-state index in [1.807, 2.05) is 12.1 Å². The number of amides is 2. The topological polar surface area (TPSA) is 108 Å². The molecule has 0 atom stereocenters. The molecule has 0 fully saturated rings. The van der Waals surface area contributed by atoms with Crippen molar-refractivity contribution in [2.45, 2.75) is 0 Å². The lowest BCUT2D eigenvalue weighted by Crippen LogP contribution is -2.19. The van der Waals surface area contributed by atoms with Crippen molar-refractivity contribution in [1.29, 1.82) is 0 Å². The van der Waals surface area contributed by atoms with Crippen molar-refractivity contribution in [3.8, 4) is 22.6 Å². The normalized spacial score (nSPS) is 11.5. The first-order valence-corrected chi connectivity index (χ1v) is 9.10. The summed E-state index contributed by atoms with van der Waals surface area (Å²) in [6.07, 6.45) is 0. The first-order chi connectivity index (χ1) is 14.4. The van der Waals surface area contributed by atoms with Crippen LogP contribution in [-0.4, -0.2) is 31.8 Å². The predicted octanol–water partition coefficient (Wildman–Crippen LogP) is 3.27. The maximum Gasteiger partial charge on any atom is 0.255 e. The average molecular weight is 402 g/mol. The maximum absolute atomic E-state index is 12.9. The summed E-state index contributed by atoms with van der Waals surface area (Å²) in [6.45, 7) is 0. The Morgan fingerprint density at radius 3 is 2.13 bits per heavy atom. The van der Waals surface area contributed by atoms with Gasteiger partial charge in [-0.15, -0.1) is 0 Å². The highest BCUT2D eigenvalue weighted by Gasteiger charge is 2.27. The van der Waals surface area contributed by atoms with Gasteiger partial charge in [0.15, 0.2) is 17.3 Å². The van der Waals surface area contributed by atoms with Crippen LogP contribution in [0.3, 0.4) is 0 Å². The fraction of sp³-hybridized carbons (Fsp3) is 0.0870. The predicted molar refractivity (Wildman–Crippen MR) is 111 cm³/mol. The molecule has 0 spiro atoms. The van der Waals surface area contributed by atoms with Gasteiger partial charge in [-0.1, -0.05) is 30.3 Å². The van der Waals surface area contributed by atoms with Gasteiger partial charge in [-0.25, -0.2) is 0 Å². The van der Waals surface area contributed by atoms with Gasteiger partial charge in [0.05, 0.1) is 25.5 Å². The number of anilines is 1. The van der Waals surface area contributed by atoms with E-state index in [-0.39, 0.29) is 22.6 Å². The lowest BCUT2D eigenvalue weighted by atomic mass is 10.0. The minimum atomic E-state index is -0.731. The van der Waals surface area contributed by atoms with Crippen LogP contribution in [0.2, 0.25) is 0 Å². The number of nitrogens with two attached hydrogens (primary N) is 1. The molecule has 0 saturated heterocycles. The van der Waals surface area contributed by atoms with E-state index in [1.54, 1.807) is 30.3 Å². The number of fused-ring (bicyclic) bond motifs is 3. The Balaban J connectivity index is 1.69. The summed E-state index contributed by atoms with van der Waals surface area (Å²) in [5.41, 5.74) is 8.70. The van der Waals surface area contributed by atoms with E-state index in [9.17, 15) is 14.4 Å². The van der Waals surface area contributed by atoms with Crippen molar-refractivity contribution < 1.29 is 23.9 Å². The molecule has 0 heterocycles. The lowest BCUT2D eigenvalue weighted by molar-refractivity contribution is 0.0999. The van der Waals surface area contributed by atoms with E-state index in [0.717, 1.165) is 11.1 Å². The van der Waals surface area contributed by atoms with Crippen LogP contribution in [0, 0.1) is 0 Å². The van der Waals surface area contributed by atoms with Crippen molar-refractivity contribution in [3.05, 3.63) is 76.9 Å². The molecule has 4 rings (SSSR count). The Morgan fingerprint density at radius 1 is 0.833 bits per heavy atom. The van der Waals surface area contributed by atoms with Gasteiger partial charge < -0.3 is 20.5 Å². The summed E-state index contributed by atoms with van der Waals surface area (Å²) in [4.78, 5) is 37.4. The Bertz CT molecular complexity index is 1220. The summed E-state index contributed by atoms with van der Waals surface area (Å²) in [5, 5.41) is 2.67. The third-order valence-electron chi connectivity index (χ3n) is 5.03. The summed E-state index contributed by atoms with van der Waals surface area (Å²) >= 11 is 0. The molecule has 0 saturated carbocycles. The van der Waals surface area contributed by atoms with Crippen LogP contribution < -0.4 is 20.5 Å². The van der Waals surface area contributed by atoms with E-state index in [4.69, 9.17) is 15.2 Å². The van der Waals surface area contributed by atoms with Gasteiger partial charge >= 0.3 is 0 Å². The Labute approximate surface area is 172 Å². The number of hydrogen-bond donors (Lipinski definition) is 2. The molecule has 30 heavy (non-hydrogen) atoms. The second-order valence-electron chi connectivity index (χ2n) is 6.71. The molecule has 3 aromatic carbocycles. The number of primary amides is 1. The van der Waals surface area contributed by atoms with Crippen LogP contribution in [0.25, 0.3) is 11.1 Å². The standard InChI is InChI=1S/C23H18N2O5/c1-29-19-10-17(22(24)27)18(11-20(19)30-2)25-23(28)12-7-8-14-13-5-3-4-6-15(13)21(26)16(14)9-12/h3-11H,1-2H3,(H2,24,27)(H,25,28). The summed E-state index contributed by atoms with van der Waals surface area (Å²) < 4.78 is 10.4. The first kappa shape index (κ1) is 19.2. The van der Waals surface area contributed by atoms with Crippen LogP contribution in [-0.2, 0) is 0 Å². The minimum Gasteiger partial charge on any atom is -0.493 e. The van der Waals surface area contributed by atoms with E-state index in [1.165, 1.54) is 26.4 Å². The van der Waals surface area contributed by atoms with Crippen molar-refractivity contribution in [2.75, 3.05) is 19.5 Å². The van der Waals surface area contributed by atoms with E-state index >= 15 is 0 Å². The molecule has 0 aliphatic heterocycles. The highest BCUT2D eigenvalue weighted by atomic mass is 16.5. The second-order valence-corrected chi connectivity index (χ2v) is 6.71. The van der Waals surface area contributed by atoms with E-state index in [0.29, 0.717) is 22.6 Å². The first-order valence-electron chi connectivity index (χ1n) is 9.10. The summed E-state index contributed by atoms with van der Waals surface area (Å²) in [6, 6.07) is 15.1. The molecule has 3 N–H and O–H groups in total. The number of ketones is 1. The molecule has 7 nitrogen and oxygen atoms in total. The molecule has 0 aromatic heterocycles. The molecule has 2 amide bonds. The van der Waals surface area contributed by atoms with Crippen molar-refractivity contribution >= 4 is 23.3 Å². The van der Waals surface area contributed by atoms with E-state index < -0.39 is 11.8 Å². The van der Waals surface area contributed by atoms with Gasteiger partial charge in [-0.05, 0) is 29.3 Å². The van der Waals surface area contributed by atoms with Crippen molar-refractivity contribution in [2.24, 2.45) is 5.73 Å². The highest BCUT2D eigenvalue weighted by Crippen LogP contribution is 2.37. The zero-order valence-electron chi connectivity index (χ0n) is 16.3. The zero-order valence-corrected chi connectivity index (χ0v) is 16.3. The Hall–Kier alpha value is -4.13. The monoisotopic (exact) mass is 402 g/mol. The quantitative estimate of drug-likeness (QED) is 0.533. The molecule has 0 unspecified atom stereocenters. The number of ether oxygens (including phenoxy) is 2. The third kappa shape index (κ3) is 3.06. The number of methoxy groups -OCH3 is 2. The largest absolute Gasteiger partial charge is 0.493 e. The van der Waals surface area contributed by atoms with Gasteiger partial charge in [0.2, 0.25) is 0 Å². The lowest BCUT2D eigenvalue weighted by Gasteiger charge is -2.14. The SMILES string of the molecule is COc1cc(NC(=O)c2ccc3c(c2)C(=O)c2ccccc2-3)c(C(N)=O)cc1OC. The molecule has 3 aromatic rings. The minimum absolute atomic E-state index is 0.0747. The van der Waals surface area contributed by atoms with Crippen molar-refractivity contribution in [1.82, 2.24) is 0 Å². The molecule has 0 bridgehead atoms. The molecule has 0 radical (unpaired) electrons. The summed E-state index contributed by atoms with van der Waals surface area (Å²) in [5.74, 6) is -0.705. The molecular weight excluding hydrogens is 384 g/mol. The smallest absolute Gasteiger partial charge is 0.255 e. The number of benzene rings is 3. The number of carbonyl (C=O) groups excluding carboxylic acids is 3. The second kappa shape index (κ2) is 7.36. The number of rotatable bonds is 5. The van der Waals surface area contributed by atoms with Crippen LogP contribution in [0.1, 0.15) is 36.6 Å². The number of hydrogen-bond acceptors (Lipinski definition) is 5. The Morgan fingerprint density at radius 2 is 1.47 bits per heavy atom. The average Bonchev–Trinajstić information content (AvgIpc) is 3.05. The van der Waals surface area contributed by atoms with Gasteiger partial charge in [0, 0.05) is 22.8 Å². The van der Waals surface area contributed by atoms with Gasteiger partial charge in [-0.3, -0.25) is 14.4 Å². The van der Waals surface area contributed by atoms with Gasteiger partial charge in [0.1, 0.15) is 0 Å². The van der Waals surface area contributed by atoms with Crippen LogP contribution in [0.5, 0.6) is 11.5 Å². The van der Waals surface area contributed by atoms with Gasteiger partial charge in [0.25, 0.3) is 11.8 Å². The van der Waals surface area contributed by atoms with Crippen molar-refractivity contribution in [3.63, 3.8) is 0 Å². The maximum atomic E-state index is 12.9. The fourth-order valence-corrected chi connectivity index (χ4v) is 3.55. The zero-order chi connectivity index (χ0) is 21.4. The number of nitrogens with one attached hydrogen (secondary N) is 1. The third-order valence-corrected chi connectivity index (χ3v) is 5.03. The Kier molecular flexibility index (Phi) is 4.71. The molecule has 1 aliphatic carbocycles. The van der Waals surface area contributed by atoms with E-state index in [2.05, 4.69) is 5.32 Å².